The van der Waals surface area contributed by atoms with Crippen molar-refractivity contribution in [1.82, 2.24) is 5.32 Å². The van der Waals surface area contributed by atoms with Crippen LogP contribution >= 0.6 is 15.9 Å². The van der Waals surface area contributed by atoms with E-state index in [9.17, 15) is 14.0 Å². The topological polar surface area (TPSA) is 92.4 Å². The third-order valence-electron chi connectivity index (χ3n) is 1.96. The average molecular weight is 305 g/mol. The number of amides is 2. The maximum atomic E-state index is 12.9. The molecule has 0 fully saturated rings. The van der Waals surface area contributed by atoms with Crippen molar-refractivity contribution in [3.63, 3.8) is 0 Å². The molecule has 5 nitrogen and oxygen atoms in total. The quantitative estimate of drug-likeness (QED) is 0.740. The van der Waals surface area contributed by atoms with Gasteiger partial charge in [-0.3, -0.25) is 9.59 Å². The number of benzene rings is 1. The van der Waals surface area contributed by atoms with Crippen molar-refractivity contribution >= 4 is 27.7 Å². The third kappa shape index (κ3) is 3.79. The molecule has 0 spiro atoms. The van der Waals surface area contributed by atoms with E-state index in [2.05, 4.69) is 21.2 Å². The number of carbonyl (C=O) groups is 2. The highest BCUT2D eigenvalue weighted by atomic mass is 79.9. The van der Waals surface area contributed by atoms with Crippen LogP contribution in [0.5, 0.6) is 0 Å². The number of carbonyl (C=O) groups excluding carboxylic acids is 2. The number of aliphatic hydroxyl groups excluding tert-OH is 1. The van der Waals surface area contributed by atoms with Crippen LogP contribution in [0.3, 0.4) is 0 Å². The van der Waals surface area contributed by atoms with Gasteiger partial charge in [-0.15, -0.1) is 0 Å². The predicted molar refractivity (Wildman–Crippen MR) is 61.6 cm³/mol. The van der Waals surface area contributed by atoms with Gasteiger partial charge in [0.05, 0.1) is 12.1 Å². The number of halogens is 2. The molecule has 1 aromatic carbocycles. The predicted octanol–water partition coefficient (Wildman–Crippen LogP) is 0.164. The SMILES string of the molecule is NC(=O)C(O)CNC(=O)c1cc(F)ccc1Br. The summed E-state index contributed by atoms with van der Waals surface area (Å²) in [6.07, 6.45) is -1.47. The van der Waals surface area contributed by atoms with E-state index in [0.717, 1.165) is 6.07 Å². The van der Waals surface area contributed by atoms with E-state index >= 15 is 0 Å². The number of hydrogen-bond acceptors (Lipinski definition) is 3. The highest BCUT2D eigenvalue weighted by molar-refractivity contribution is 9.10. The average Bonchev–Trinajstić information content (AvgIpc) is 2.28. The normalized spacial score (nSPS) is 11.9. The number of hydrogen-bond donors (Lipinski definition) is 3. The summed E-state index contributed by atoms with van der Waals surface area (Å²) in [5.41, 5.74) is 4.88. The molecular formula is C10H10BrFN2O3. The molecule has 0 aliphatic rings. The third-order valence-corrected chi connectivity index (χ3v) is 2.65. The van der Waals surface area contributed by atoms with Crippen molar-refractivity contribution in [1.29, 1.82) is 0 Å². The fourth-order valence-corrected chi connectivity index (χ4v) is 1.48. The summed E-state index contributed by atoms with van der Waals surface area (Å²) in [4.78, 5) is 22.1. The first-order valence-electron chi connectivity index (χ1n) is 4.62. The molecule has 0 saturated heterocycles. The van der Waals surface area contributed by atoms with Crippen LogP contribution in [0.2, 0.25) is 0 Å². The zero-order valence-electron chi connectivity index (χ0n) is 8.61. The van der Waals surface area contributed by atoms with Crippen molar-refractivity contribution in [2.75, 3.05) is 6.54 Å². The molecule has 92 valence electrons. The Balaban J connectivity index is 2.70. The summed E-state index contributed by atoms with van der Waals surface area (Å²) < 4.78 is 13.3. The number of primary amides is 1. The van der Waals surface area contributed by atoms with E-state index in [0.29, 0.717) is 4.47 Å². The molecular weight excluding hydrogens is 295 g/mol. The van der Waals surface area contributed by atoms with Gasteiger partial charge in [0.15, 0.2) is 0 Å². The number of aliphatic hydroxyl groups is 1. The van der Waals surface area contributed by atoms with E-state index < -0.39 is 23.7 Å². The fraction of sp³-hybridized carbons (Fsp3) is 0.200. The van der Waals surface area contributed by atoms with E-state index in [4.69, 9.17) is 10.8 Å². The second-order valence-corrected chi connectivity index (χ2v) is 4.11. The van der Waals surface area contributed by atoms with Gasteiger partial charge in [-0.25, -0.2) is 4.39 Å². The van der Waals surface area contributed by atoms with Gasteiger partial charge >= 0.3 is 0 Å². The van der Waals surface area contributed by atoms with Crippen molar-refractivity contribution in [3.8, 4) is 0 Å². The largest absolute Gasteiger partial charge is 0.381 e. The lowest BCUT2D eigenvalue weighted by Gasteiger charge is -2.09. The molecule has 0 aliphatic heterocycles. The Hall–Kier alpha value is -1.47. The van der Waals surface area contributed by atoms with Crippen molar-refractivity contribution in [3.05, 3.63) is 34.1 Å². The summed E-state index contributed by atoms with van der Waals surface area (Å²) >= 11 is 3.09. The Morgan fingerprint density at radius 2 is 2.18 bits per heavy atom. The molecule has 1 unspecified atom stereocenters. The molecule has 1 rings (SSSR count). The highest BCUT2D eigenvalue weighted by Gasteiger charge is 2.15. The molecule has 4 N–H and O–H groups in total. The minimum Gasteiger partial charge on any atom is -0.381 e. The molecule has 0 saturated carbocycles. The van der Waals surface area contributed by atoms with Gasteiger partial charge in [0.25, 0.3) is 5.91 Å². The molecule has 17 heavy (non-hydrogen) atoms. The fourth-order valence-electron chi connectivity index (χ4n) is 1.06. The Kier molecular flexibility index (Phi) is 4.59. The monoisotopic (exact) mass is 304 g/mol. The van der Waals surface area contributed by atoms with Gasteiger partial charge in [-0.2, -0.15) is 0 Å². The highest BCUT2D eigenvalue weighted by Crippen LogP contribution is 2.17. The van der Waals surface area contributed by atoms with Crippen LogP contribution in [0.1, 0.15) is 10.4 Å². The molecule has 0 aromatic heterocycles. The van der Waals surface area contributed by atoms with Gasteiger partial charge in [0.2, 0.25) is 5.91 Å². The Bertz CT molecular complexity index is 453. The van der Waals surface area contributed by atoms with Crippen molar-refractivity contribution < 1.29 is 19.1 Å². The van der Waals surface area contributed by atoms with Crippen LogP contribution in [0.15, 0.2) is 22.7 Å². The number of rotatable bonds is 4. The van der Waals surface area contributed by atoms with Crippen molar-refractivity contribution in [2.45, 2.75) is 6.10 Å². The minimum atomic E-state index is -1.47. The second-order valence-electron chi connectivity index (χ2n) is 3.25. The Morgan fingerprint density at radius 1 is 1.53 bits per heavy atom. The van der Waals surface area contributed by atoms with Crippen molar-refractivity contribution in [2.24, 2.45) is 5.73 Å². The number of nitrogens with one attached hydrogen (secondary N) is 1. The van der Waals surface area contributed by atoms with Crippen LogP contribution in [-0.4, -0.2) is 29.6 Å². The Morgan fingerprint density at radius 3 is 2.76 bits per heavy atom. The maximum Gasteiger partial charge on any atom is 0.252 e. The van der Waals surface area contributed by atoms with E-state index in [1.54, 1.807) is 0 Å². The molecule has 0 aliphatic carbocycles. The van der Waals surface area contributed by atoms with Crippen LogP contribution in [-0.2, 0) is 4.79 Å². The molecule has 0 radical (unpaired) electrons. The standard InChI is InChI=1S/C10H10BrFN2O3/c11-7-2-1-5(12)3-6(7)10(17)14-4-8(15)9(13)16/h1-3,8,15H,4H2,(H2,13,16)(H,14,17). The first-order valence-corrected chi connectivity index (χ1v) is 5.41. The van der Waals surface area contributed by atoms with Crippen LogP contribution in [0, 0.1) is 5.82 Å². The number of nitrogens with two attached hydrogens (primary N) is 1. The first kappa shape index (κ1) is 13.6. The molecule has 0 heterocycles. The summed E-state index contributed by atoms with van der Waals surface area (Å²) in [7, 11) is 0. The van der Waals surface area contributed by atoms with Gasteiger partial charge in [-0.05, 0) is 34.1 Å². The molecule has 0 bridgehead atoms. The minimum absolute atomic E-state index is 0.0710. The smallest absolute Gasteiger partial charge is 0.252 e. The van der Waals surface area contributed by atoms with Crippen LogP contribution in [0.4, 0.5) is 4.39 Å². The lowest BCUT2D eigenvalue weighted by molar-refractivity contribution is -0.125. The summed E-state index contributed by atoms with van der Waals surface area (Å²) in [5.74, 6) is -2.12. The zero-order chi connectivity index (χ0) is 13.0. The van der Waals surface area contributed by atoms with Gasteiger partial charge in [0.1, 0.15) is 11.9 Å². The van der Waals surface area contributed by atoms with Gasteiger partial charge in [0, 0.05) is 4.47 Å². The molecule has 2 amide bonds. The molecule has 7 heteroatoms. The zero-order valence-corrected chi connectivity index (χ0v) is 10.2. The second kappa shape index (κ2) is 5.74. The molecule has 1 aromatic rings. The van der Waals surface area contributed by atoms with Crippen LogP contribution < -0.4 is 11.1 Å². The lowest BCUT2D eigenvalue weighted by atomic mass is 10.2. The van der Waals surface area contributed by atoms with E-state index in [1.807, 2.05) is 0 Å². The maximum absolute atomic E-state index is 12.9. The summed E-state index contributed by atoms with van der Waals surface area (Å²) in [5, 5.41) is 11.3. The summed E-state index contributed by atoms with van der Waals surface area (Å²) in [6.45, 7) is -0.322. The first-order chi connectivity index (χ1) is 7.91. The van der Waals surface area contributed by atoms with Crippen LogP contribution in [0.25, 0.3) is 0 Å². The van der Waals surface area contributed by atoms with E-state index in [1.165, 1.54) is 12.1 Å². The Labute approximate surface area is 105 Å². The van der Waals surface area contributed by atoms with E-state index in [-0.39, 0.29) is 12.1 Å². The summed E-state index contributed by atoms with van der Waals surface area (Å²) in [6, 6.07) is 3.62. The van der Waals surface area contributed by atoms with Gasteiger partial charge in [-0.1, -0.05) is 0 Å². The van der Waals surface area contributed by atoms with Gasteiger partial charge < -0.3 is 16.2 Å². The lowest BCUT2D eigenvalue weighted by Crippen LogP contribution is -2.40. The molecule has 1 atom stereocenters.